The number of carboxylic acids is 1. The van der Waals surface area contributed by atoms with Gasteiger partial charge in [0.2, 0.25) is 0 Å². The van der Waals surface area contributed by atoms with Crippen LogP contribution >= 0.6 is 0 Å². The number of aliphatic carboxylic acids is 1. The van der Waals surface area contributed by atoms with Crippen molar-refractivity contribution in [2.24, 2.45) is 0 Å². The van der Waals surface area contributed by atoms with E-state index < -0.39 is 18.0 Å². The normalized spacial score (nSPS) is 15.0. The van der Waals surface area contributed by atoms with E-state index >= 15 is 0 Å². The zero-order valence-corrected chi connectivity index (χ0v) is 16.5. The van der Waals surface area contributed by atoms with E-state index in [0.717, 1.165) is 24.8 Å². The van der Waals surface area contributed by atoms with E-state index in [9.17, 15) is 14.7 Å². The lowest BCUT2D eigenvalue weighted by Crippen LogP contribution is -2.27. The van der Waals surface area contributed by atoms with Gasteiger partial charge in [0.25, 0.3) is 0 Å². The second-order valence-corrected chi connectivity index (χ2v) is 6.59. The Balaban J connectivity index is 2.05. The minimum absolute atomic E-state index is 0.312. The van der Waals surface area contributed by atoms with Crippen molar-refractivity contribution in [3.63, 3.8) is 0 Å². The number of carboxylic acid groups (broad SMARTS) is 1. The molecule has 6 heteroatoms. The summed E-state index contributed by atoms with van der Waals surface area (Å²) >= 11 is 0. The second kappa shape index (κ2) is 11.2. The smallest absolute Gasteiger partial charge is 0.344 e. The second-order valence-electron chi connectivity index (χ2n) is 6.59. The van der Waals surface area contributed by atoms with Crippen molar-refractivity contribution in [1.82, 2.24) is 0 Å². The van der Waals surface area contributed by atoms with Crippen LogP contribution in [-0.4, -0.2) is 36.9 Å². The predicted octanol–water partition coefficient (Wildman–Crippen LogP) is 4.38. The molecule has 1 aromatic carbocycles. The fourth-order valence-electron chi connectivity index (χ4n) is 3.07. The molecule has 0 saturated carbocycles. The molecule has 28 heavy (non-hydrogen) atoms. The number of esters is 1. The minimum atomic E-state index is -0.996. The molecule has 0 amide bonds. The Hall–Kier alpha value is -2.76. The maximum Gasteiger partial charge on any atom is 0.344 e. The van der Waals surface area contributed by atoms with Crippen molar-refractivity contribution in [1.29, 1.82) is 0 Å². The molecule has 0 fully saturated rings. The molecule has 0 heterocycles. The number of carbonyl (C=O) groups excluding carboxylic acids is 1. The Morgan fingerprint density at radius 3 is 2.71 bits per heavy atom. The fourth-order valence-corrected chi connectivity index (χ4v) is 3.07. The summed E-state index contributed by atoms with van der Waals surface area (Å²) in [5, 5.41) is 9.53. The average molecular weight is 388 g/mol. The van der Waals surface area contributed by atoms with E-state index in [0.29, 0.717) is 24.5 Å². The summed E-state index contributed by atoms with van der Waals surface area (Å²) in [6, 6.07) is 5.07. The topological polar surface area (TPSA) is 82.1 Å². The summed E-state index contributed by atoms with van der Waals surface area (Å²) in [5.41, 5.74) is 2.03. The van der Waals surface area contributed by atoms with Gasteiger partial charge in [-0.1, -0.05) is 17.7 Å². The van der Waals surface area contributed by atoms with Crippen molar-refractivity contribution in [2.75, 3.05) is 13.7 Å². The highest BCUT2D eigenvalue weighted by molar-refractivity contribution is 5.87. The Morgan fingerprint density at radius 1 is 1.25 bits per heavy atom. The third kappa shape index (κ3) is 6.76. The Morgan fingerprint density at radius 2 is 2.07 bits per heavy atom. The van der Waals surface area contributed by atoms with Gasteiger partial charge in [-0.05, 0) is 69.2 Å². The molecule has 0 bridgehead atoms. The van der Waals surface area contributed by atoms with Crippen molar-refractivity contribution >= 4 is 18.0 Å². The highest BCUT2D eigenvalue weighted by atomic mass is 16.5. The van der Waals surface area contributed by atoms with Gasteiger partial charge in [0.15, 0.2) is 17.6 Å². The number of methoxy groups -OCH3 is 1. The molecule has 152 valence electrons. The minimum Gasteiger partial charge on any atom is -0.493 e. The monoisotopic (exact) mass is 388 g/mol. The number of hydrogen-bond donors (Lipinski definition) is 1. The molecule has 1 aromatic rings. The molecule has 1 aliphatic rings. The molecule has 1 atom stereocenters. The van der Waals surface area contributed by atoms with Crippen LogP contribution in [0.2, 0.25) is 0 Å². The number of carbonyl (C=O) groups is 2. The fraction of sp³-hybridized carbons (Fsp3) is 0.455. The van der Waals surface area contributed by atoms with E-state index in [4.69, 9.17) is 14.2 Å². The molecule has 1 aliphatic carbocycles. The van der Waals surface area contributed by atoms with Crippen LogP contribution in [0.1, 0.15) is 51.0 Å². The van der Waals surface area contributed by atoms with Gasteiger partial charge in [0.1, 0.15) is 0 Å². The molecule has 1 N–H and O–H groups in total. The van der Waals surface area contributed by atoms with Crippen LogP contribution in [0.5, 0.6) is 11.5 Å². The maximum atomic E-state index is 11.6. The first kappa shape index (κ1) is 21.5. The largest absolute Gasteiger partial charge is 0.493 e. The third-order valence-corrected chi connectivity index (χ3v) is 4.54. The highest BCUT2D eigenvalue weighted by Gasteiger charge is 2.22. The summed E-state index contributed by atoms with van der Waals surface area (Å²) in [6.07, 6.45) is 9.82. The van der Waals surface area contributed by atoms with E-state index in [1.807, 2.05) is 0 Å². The van der Waals surface area contributed by atoms with E-state index in [-0.39, 0.29) is 0 Å². The van der Waals surface area contributed by atoms with Crippen LogP contribution in [0.15, 0.2) is 35.9 Å². The van der Waals surface area contributed by atoms with Crippen molar-refractivity contribution < 1.29 is 28.9 Å². The van der Waals surface area contributed by atoms with Crippen LogP contribution in [0.3, 0.4) is 0 Å². The number of hydrogen-bond acceptors (Lipinski definition) is 5. The van der Waals surface area contributed by atoms with Gasteiger partial charge in [-0.3, -0.25) is 0 Å². The number of ether oxygens (including phenoxy) is 3. The molecule has 0 saturated heterocycles. The Kier molecular flexibility index (Phi) is 8.59. The van der Waals surface area contributed by atoms with Gasteiger partial charge < -0.3 is 19.3 Å². The Labute approximate surface area is 165 Å². The number of allylic oxidation sites excluding steroid dienone is 2. The van der Waals surface area contributed by atoms with E-state index in [2.05, 4.69) is 6.08 Å². The summed E-state index contributed by atoms with van der Waals surface area (Å²) in [7, 11) is 1.49. The lowest BCUT2D eigenvalue weighted by atomic mass is 9.95. The molecule has 1 unspecified atom stereocenters. The predicted molar refractivity (Wildman–Crippen MR) is 106 cm³/mol. The molecule has 0 aliphatic heterocycles. The molecule has 6 nitrogen and oxygen atoms in total. The van der Waals surface area contributed by atoms with Crippen LogP contribution in [-0.2, 0) is 14.3 Å². The summed E-state index contributed by atoms with van der Waals surface area (Å²) in [4.78, 5) is 23.1. The standard InChI is InChI=1S/C22H28O6/c1-3-27-21(23)14-11-17-10-12-18(20(15-17)26-2)28-19(22(24)25)13-9-16-7-5-4-6-8-16/h7,10-12,14-15,19H,3-6,8-9,13H2,1-2H3,(H,24,25)/b14-11+. The molecular weight excluding hydrogens is 360 g/mol. The average Bonchev–Trinajstić information content (AvgIpc) is 2.70. The quantitative estimate of drug-likeness (QED) is 0.364. The van der Waals surface area contributed by atoms with Crippen molar-refractivity contribution in [3.05, 3.63) is 41.5 Å². The van der Waals surface area contributed by atoms with Crippen LogP contribution in [0.4, 0.5) is 0 Å². The first-order valence-electron chi connectivity index (χ1n) is 9.63. The first-order chi connectivity index (χ1) is 13.5. The van der Waals surface area contributed by atoms with Gasteiger partial charge in [-0.25, -0.2) is 9.59 Å². The zero-order valence-electron chi connectivity index (χ0n) is 16.5. The van der Waals surface area contributed by atoms with Crippen LogP contribution in [0, 0.1) is 0 Å². The molecule has 0 aromatic heterocycles. The van der Waals surface area contributed by atoms with Crippen LogP contribution < -0.4 is 9.47 Å². The van der Waals surface area contributed by atoms with Crippen LogP contribution in [0.25, 0.3) is 6.08 Å². The number of benzene rings is 1. The first-order valence-corrected chi connectivity index (χ1v) is 9.63. The van der Waals surface area contributed by atoms with Crippen molar-refractivity contribution in [2.45, 2.75) is 51.6 Å². The zero-order chi connectivity index (χ0) is 20.4. The molecule has 2 rings (SSSR count). The lowest BCUT2D eigenvalue weighted by molar-refractivity contribution is -0.145. The third-order valence-electron chi connectivity index (χ3n) is 4.54. The van der Waals surface area contributed by atoms with E-state index in [1.54, 1.807) is 31.2 Å². The summed E-state index contributed by atoms with van der Waals surface area (Å²) < 4.78 is 15.9. The number of rotatable bonds is 10. The summed E-state index contributed by atoms with van der Waals surface area (Å²) in [5.74, 6) is -0.649. The van der Waals surface area contributed by atoms with Gasteiger partial charge >= 0.3 is 11.9 Å². The SMILES string of the molecule is CCOC(=O)/C=C/c1ccc(OC(CCC2=CCCCC2)C(=O)O)c(OC)c1. The highest BCUT2D eigenvalue weighted by Crippen LogP contribution is 2.31. The van der Waals surface area contributed by atoms with E-state index in [1.165, 1.54) is 31.6 Å². The maximum absolute atomic E-state index is 11.6. The van der Waals surface area contributed by atoms with Gasteiger partial charge in [0, 0.05) is 6.08 Å². The lowest BCUT2D eigenvalue weighted by Gasteiger charge is -2.19. The van der Waals surface area contributed by atoms with Gasteiger partial charge in [-0.15, -0.1) is 0 Å². The molecule has 0 radical (unpaired) electrons. The van der Waals surface area contributed by atoms with Gasteiger partial charge in [-0.2, -0.15) is 0 Å². The Bertz CT molecular complexity index is 735. The molecule has 0 spiro atoms. The summed E-state index contributed by atoms with van der Waals surface area (Å²) in [6.45, 7) is 2.05. The molecular formula is C22H28O6. The van der Waals surface area contributed by atoms with Crippen molar-refractivity contribution in [3.8, 4) is 11.5 Å². The van der Waals surface area contributed by atoms with Gasteiger partial charge in [0.05, 0.1) is 13.7 Å².